The van der Waals surface area contributed by atoms with Crippen LogP contribution in [0.15, 0.2) is 72.2 Å². The predicted octanol–water partition coefficient (Wildman–Crippen LogP) is 4.34. The summed E-state index contributed by atoms with van der Waals surface area (Å²) in [4.78, 5) is 27.2. The highest BCUT2D eigenvalue weighted by atomic mass is 19.2. The normalized spacial score (nSPS) is 14.8. The molecule has 7 nitrogen and oxygen atoms in total. The zero-order chi connectivity index (χ0) is 26.0. The summed E-state index contributed by atoms with van der Waals surface area (Å²) in [5, 5.41) is 12.3. The summed E-state index contributed by atoms with van der Waals surface area (Å²) in [7, 11) is 0. The van der Waals surface area contributed by atoms with Gasteiger partial charge in [-0.05, 0) is 31.0 Å². The lowest BCUT2D eigenvalue weighted by Gasteiger charge is -2.45. The lowest BCUT2D eigenvalue weighted by molar-refractivity contribution is 0.0601. The number of nitrogens with zero attached hydrogens (tertiary/aromatic N) is 3. The van der Waals surface area contributed by atoms with E-state index in [2.05, 4.69) is 6.58 Å². The van der Waals surface area contributed by atoms with Gasteiger partial charge in [-0.25, -0.2) is 4.39 Å². The Bertz CT molecular complexity index is 1340. The molecule has 1 N–H and O–H groups in total. The molecule has 1 aliphatic heterocycles. The molecular weight excluding hydrogens is 468 g/mol. The molecule has 1 aliphatic rings. The minimum Gasteiger partial charge on any atom is -0.502 e. The SMILES string of the molecule is C=CCOc1c([C@@H](c2ccccc2)N2CN([C@H](C)CC)C(=O)c3c(O)c(=O)ccn32)ccc(F)c1F. The molecule has 36 heavy (non-hydrogen) atoms. The monoisotopic (exact) mass is 495 g/mol. The van der Waals surface area contributed by atoms with Crippen LogP contribution in [0.1, 0.15) is 47.9 Å². The summed E-state index contributed by atoms with van der Waals surface area (Å²) in [5.74, 6) is -3.69. The number of halogens is 2. The molecule has 0 aliphatic carbocycles. The van der Waals surface area contributed by atoms with E-state index in [1.165, 1.54) is 27.9 Å². The van der Waals surface area contributed by atoms with Crippen molar-refractivity contribution in [3.05, 3.63) is 106 Å². The Labute approximate surface area is 207 Å². The van der Waals surface area contributed by atoms with E-state index in [0.29, 0.717) is 17.5 Å². The number of benzene rings is 2. The number of aromatic nitrogens is 1. The van der Waals surface area contributed by atoms with Gasteiger partial charge in [0, 0.05) is 23.9 Å². The smallest absolute Gasteiger partial charge is 0.278 e. The van der Waals surface area contributed by atoms with Crippen molar-refractivity contribution in [3.8, 4) is 11.5 Å². The fourth-order valence-corrected chi connectivity index (χ4v) is 4.32. The number of rotatable bonds is 8. The van der Waals surface area contributed by atoms with Crippen LogP contribution in [-0.2, 0) is 0 Å². The Morgan fingerprint density at radius 3 is 2.53 bits per heavy atom. The van der Waals surface area contributed by atoms with E-state index in [0.717, 1.165) is 12.1 Å². The first kappa shape index (κ1) is 25.0. The zero-order valence-electron chi connectivity index (χ0n) is 20.0. The van der Waals surface area contributed by atoms with Crippen LogP contribution in [0.3, 0.4) is 0 Å². The third-order valence-corrected chi connectivity index (χ3v) is 6.35. The maximum absolute atomic E-state index is 15.1. The van der Waals surface area contributed by atoms with Gasteiger partial charge in [-0.3, -0.25) is 19.3 Å². The molecule has 0 unspecified atom stereocenters. The number of hydrogen-bond donors (Lipinski definition) is 1. The van der Waals surface area contributed by atoms with Crippen molar-refractivity contribution in [2.24, 2.45) is 0 Å². The Balaban J connectivity index is 2.01. The summed E-state index contributed by atoms with van der Waals surface area (Å²) < 4.78 is 36.3. The first-order valence-electron chi connectivity index (χ1n) is 11.6. The van der Waals surface area contributed by atoms with Crippen LogP contribution in [-0.4, -0.2) is 39.9 Å². The molecule has 0 fully saturated rings. The van der Waals surface area contributed by atoms with Crippen molar-refractivity contribution in [1.29, 1.82) is 0 Å². The lowest BCUT2D eigenvalue weighted by atomic mass is 9.96. The van der Waals surface area contributed by atoms with Crippen LogP contribution in [0, 0.1) is 11.6 Å². The van der Waals surface area contributed by atoms with E-state index < -0.39 is 34.8 Å². The summed E-state index contributed by atoms with van der Waals surface area (Å²) in [5.41, 5.74) is 0.0878. The second-order valence-corrected chi connectivity index (χ2v) is 8.53. The van der Waals surface area contributed by atoms with Crippen LogP contribution < -0.4 is 15.2 Å². The quantitative estimate of drug-likeness (QED) is 0.471. The van der Waals surface area contributed by atoms with Gasteiger partial charge < -0.3 is 14.7 Å². The fraction of sp³-hybridized carbons (Fsp3) is 0.259. The molecule has 2 heterocycles. The molecule has 0 spiro atoms. The van der Waals surface area contributed by atoms with Gasteiger partial charge in [0.2, 0.25) is 11.2 Å². The molecule has 0 saturated heterocycles. The Kier molecular flexibility index (Phi) is 7.10. The van der Waals surface area contributed by atoms with Crippen molar-refractivity contribution in [3.63, 3.8) is 0 Å². The van der Waals surface area contributed by atoms with E-state index in [9.17, 15) is 19.1 Å². The molecule has 1 aromatic heterocycles. The first-order chi connectivity index (χ1) is 17.3. The fourth-order valence-electron chi connectivity index (χ4n) is 4.32. The number of carbonyl (C=O) groups is 1. The van der Waals surface area contributed by atoms with Crippen molar-refractivity contribution < 1.29 is 23.4 Å². The second kappa shape index (κ2) is 10.2. The number of hydrogen-bond acceptors (Lipinski definition) is 5. The van der Waals surface area contributed by atoms with E-state index in [-0.39, 0.29) is 30.8 Å². The molecule has 0 radical (unpaired) electrons. The number of aromatic hydroxyl groups is 1. The minimum atomic E-state index is -1.15. The average molecular weight is 496 g/mol. The van der Waals surface area contributed by atoms with Crippen molar-refractivity contribution in [2.45, 2.75) is 32.4 Å². The van der Waals surface area contributed by atoms with Gasteiger partial charge in [0.05, 0.1) is 0 Å². The molecule has 188 valence electrons. The third kappa shape index (κ3) is 4.32. The van der Waals surface area contributed by atoms with Crippen LogP contribution in [0.4, 0.5) is 8.78 Å². The zero-order valence-corrected chi connectivity index (χ0v) is 20.0. The standard InChI is InChI=1S/C27H27F2N3O4/c1-4-15-36-26-19(11-12-20(28)22(26)29)23(18-9-7-6-8-10-18)32-16-30(17(3)5-2)27(35)24-25(34)21(33)13-14-31(24)32/h4,6-14,17,23,34H,1,5,15-16H2,2-3H3/t17-,23-/m1/s1. The van der Waals surface area contributed by atoms with Crippen molar-refractivity contribution >= 4 is 5.91 Å². The molecule has 4 rings (SSSR count). The summed E-state index contributed by atoms with van der Waals surface area (Å²) in [6, 6.07) is 11.6. The van der Waals surface area contributed by atoms with E-state index >= 15 is 4.39 Å². The lowest BCUT2D eigenvalue weighted by Crippen LogP contribution is -2.57. The largest absolute Gasteiger partial charge is 0.502 e. The molecule has 0 bridgehead atoms. The third-order valence-electron chi connectivity index (χ3n) is 6.35. The minimum absolute atomic E-state index is 0.0443. The van der Waals surface area contributed by atoms with Crippen LogP contribution >= 0.6 is 0 Å². The molecule has 2 aromatic carbocycles. The summed E-state index contributed by atoms with van der Waals surface area (Å²) in [6.45, 7) is 7.35. The van der Waals surface area contributed by atoms with Gasteiger partial charge in [0.25, 0.3) is 5.91 Å². The van der Waals surface area contributed by atoms with Gasteiger partial charge >= 0.3 is 0 Å². The summed E-state index contributed by atoms with van der Waals surface area (Å²) >= 11 is 0. The van der Waals surface area contributed by atoms with Gasteiger partial charge in [-0.15, -0.1) is 0 Å². The van der Waals surface area contributed by atoms with Gasteiger partial charge in [0.1, 0.15) is 19.3 Å². The van der Waals surface area contributed by atoms with Crippen molar-refractivity contribution in [1.82, 2.24) is 9.58 Å². The Morgan fingerprint density at radius 1 is 1.14 bits per heavy atom. The molecule has 1 amide bonds. The molecule has 2 atom stereocenters. The first-order valence-corrected chi connectivity index (χ1v) is 11.6. The highest BCUT2D eigenvalue weighted by molar-refractivity contribution is 5.96. The van der Waals surface area contributed by atoms with Crippen LogP contribution in [0.2, 0.25) is 0 Å². The maximum atomic E-state index is 15.1. The predicted molar refractivity (Wildman–Crippen MR) is 132 cm³/mol. The number of fused-ring (bicyclic) bond motifs is 1. The van der Waals surface area contributed by atoms with Crippen LogP contribution in [0.25, 0.3) is 0 Å². The number of ether oxygens (including phenoxy) is 1. The molecular formula is C27H27F2N3O4. The van der Waals surface area contributed by atoms with Gasteiger partial charge in [0.15, 0.2) is 23.0 Å². The highest BCUT2D eigenvalue weighted by Gasteiger charge is 2.39. The van der Waals surface area contributed by atoms with Gasteiger partial charge in [-0.1, -0.05) is 49.9 Å². The topological polar surface area (TPSA) is 75.0 Å². The number of carbonyl (C=O) groups excluding carboxylic acids is 1. The molecule has 3 aromatic rings. The van der Waals surface area contributed by atoms with E-state index in [1.807, 2.05) is 32.0 Å². The van der Waals surface area contributed by atoms with Gasteiger partial charge in [-0.2, -0.15) is 4.39 Å². The van der Waals surface area contributed by atoms with Crippen LogP contribution in [0.5, 0.6) is 11.5 Å². The van der Waals surface area contributed by atoms with E-state index in [4.69, 9.17) is 4.74 Å². The summed E-state index contributed by atoms with van der Waals surface area (Å²) in [6.07, 6.45) is 3.43. The number of amides is 1. The second-order valence-electron chi connectivity index (χ2n) is 8.53. The van der Waals surface area contributed by atoms with Crippen molar-refractivity contribution in [2.75, 3.05) is 18.3 Å². The Morgan fingerprint density at radius 2 is 1.86 bits per heavy atom. The maximum Gasteiger partial charge on any atom is 0.278 e. The van der Waals surface area contributed by atoms with E-state index in [1.54, 1.807) is 17.1 Å². The highest BCUT2D eigenvalue weighted by Crippen LogP contribution is 2.39. The molecule has 0 saturated carbocycles. The Hall–Kier alpha value is -4.14. The average Bonchev–Trinajstić information content (AvgIpc) is 2.89. The number of pyridine rings is 1. The molecule has 9 heteroatoms.